The molecule has 0 aliphatic heterocycles. The molecule has 0 spiro atoms. The number of hydrogen-bond donors (Lipinski definition) is 1. The molecule has 3 saturated carbocycles. The lowest BCUT2D eigenvalue weighted by molar-refractivity contribution is -0.0850. The highest BCUT2D eigenvalue weighted by Gasteiger charge is 2.61. The van der Waals surface area contributed by atoms with Crippen molar-refractivity contribution in [1.82, 2.24) is 0 Å². The molecule has 0 aromatic heterocycles. The second kappa shape index (κ2) is 9.67. The van der Waals surface area contributed by atoms with E-state index >= 15 is 0 Å². The molecular formula is C33H58O2Si. The summed E-state index contributed by atoms with van der Waals surface area (Å²) in [6, 6.07) is 0. The minimum atomic E-state index is -1.73. The predicted molar refractivity (Wildman–Crippen MR) is 156 cm³/mol. The van der Waals surface area contributed by atoms with Crippen molar-refractivity contribution in [2.75, 3.05) is 0 Å². The van der Waals surface area contributed by atoms with Crippen molar-refractivity contribution in [2.45, 2.75) is 143 Å². The van der Waals surface area contributed by atoms with Crippen LogP contribution in [-0.2, 0) is 4.43 Å². The number of hydrogen-bond acceptors (Lipinski definition) is 2. The van der Waals surface area contributed by atoms with Crippen LogP contribution >= 0.6 is 0 Å². The second-order valence-electron chi connectivity index (χ2n) is 15.9. The standard InChI is InChI=1S/C33H58O2Si/c1-23(2)12-11-19-33(8,34)29-16-15-27-26-14-13-24-22-25(35-36(9,10)30(3,4)5)17-20-31(24,6)28(26)18-21-32(27,29)7/h11,13,19,23,25-29,34H,12,14-18,20-22H2,1-10H3/b19-11-/t25-,26-,27-,28-,29-,31-,32-,33-/m0/s1. The molecule has 4 rings (SSSR count). The summed E-state index contributed by atoms with van der Waals surface area (Å²) in [6.45, 7) is 23.7. The van der Waals surface area contributed by atoms with E-state index in [9.17, 15) is 5.11 Å². The zero-order chi connectivity index (χ0) is 26.7. The van der Waals surface area contributed by atoms with Gasteiger partial charge in [0.2, 0.25) is 0 Å². The van der Waals surface area contributed by atoms with Crippen molar-refractivity contribution in [3.63, 3.8) is 0 Å². The highest BCUT2D eigenvalue weighted by atomic mass is 28.4. The zero-order valence-electron chi connectivity index (χ0n) is 25.4. The smallest absolute Gasteiger partial charge is 0.192 e. The SMILES string of the molecule is CC(C)C/C=C\[C@](C)(O)[C@H]1CC[C@H]2[C@@H]3CC=C4C[C@@H](O[Si](C)(C)C(C)(C)C)CC[C@]4(C)[C@H]3CC[C@@]21C. The average molecular weight is 515 g/mol. The van der Waals surface area contributed by atoms with Crippen molar-refractivity contribution < 1.29 is 9.53 Å². The first kappa shape index (κ1) is 28.6. The molecule has 0 saturated heterocycles. The summed E-state index contributed by atoms with van der Waals surface area (Å²) in [5, 5.41) is 11.9. The number of aliphatic hydroxyl groups is 1. The summed E-state index contributed by atoms with van der Waals surface area (Å²) in [5.74, 6) is 3.37. The van der Waals surface area contributed by atoms with Gasteiger partial charge in [0.15, 0.2) is 8.32 Å². The highest BCUT2D eigenvalue weighted by Crippen LogP contribution is 2.67. The molecule has 0 heterocycles. The topological polar surface area (TPSA) is 29.5 Å². The zero-order valence-corrected chi connectivity index (χ0v) is 26.4. The molecule has 36 heavy (non-hydrogen) atoms. The van der Waals surface area contributed by atoms with Gasteiger partial charge in [0, 0.05) is 6.10 Å². The van der Waals surface area contributed by atoms with E-state index in [0.717, 1.165) is 30.6 Å². The number of allylic oxidation sites excluding steroid dienone is 2. The van der Waals surface area contributed by atoms with E-state index in [1.165, 1.54) is 44.9 Å². The van der Waals surface area contributed by atoms with Crippen LogP contribution in [0.15, 0.2) is 23.8 Å². The summed E-state index contributed by atoms with van der Waals surface area (Å²) >= 11 is 0. The first-order valence-corrected chi connectivity index (χ1v) is 18.2. The Morgan fingerprint density at radius 2 is 1.75 bits per heavy atom. The third kappa shape index (κ3) is 4.99. The second-order valence-corrected chi connectivity index (χ2v) is 20.7. The maximum Gasteiger partial charge on any atom is 0.192 e. The van der Waals surface area contributed by atoms with Gasteiger partial charge >= 0.3 is 0 Å². The van der Waals surface area contributed by atoms with Crippen molar-refractivity contribution >= 4 is 8.32 Å². The van der Waals surface area contributed by atoms with Crippen molar-refractivity contribution in [2.24, 2.45) is 40.4 Å². The fourth-order valence-electron chi connectivity index (χ4n) is 8.98. The van der Waals surface area contributed by atoms with E-state index in [-0.39, 0.29) is 10.5 Å². The van der Waals surface area contributed by atoms with Gasteiger partial charge in [-0.3, -0.25) is 0 Å². The van der Waals surface area contributed by atoms with Gasteiger partial charge in [-0.15, -0.1) is 0 Å². The fraction of sp³-hybridized carbons (Fsp3) is 0.879. The molecule has 0 radical (unpaired) electrons. The van der Waals surface area contributed by atoms with E-state index in [2.05, 4.69) is 86.7 Å². The van der Waals surface area contributed by atoms with E-state index in [1.807, 2.05) is 0 Å². The molecule has 0 aromatic carbocycles. The molecule has 4 aliphatic rings. The van der Waals surface area contributed by atoms with E-state index in [4.69, 9.17) is 4.43 Å². The monoisotopic (exact) mass is 514 g/mol. The molecule has 3 fully saturated rings. The highest BCUT2D eigenvalue weighted by molar-refractivity contribution is 6.74. The van der Waals surface area contributed by atoms with Gasteiger partial charge in [0.1, 0.15) is 0 Å². The van der Waals surface area contributed by atoms with Crippen LogP contribution in [0, 0.1) is 40.4 Å². The Morgan fingerprint density at radius 1 is 1.06 bits per heavy atom. The van der Waals surface area contributed by atoms with Gasteiger partial charge in [0.25, 0.3) is 0 Å². The maximum atomic E-state index is 11.6. The van der Waals surface area contributed by atoms with Crippen LogP contribution in [0.25, 0.3) is 0 Å². The Labute approximate surface area is 224 Å². The fourth-order valence-corrected chi connectivity index (χ4v) is 10.4. The third-order valence-corrected chi connectivity index (χ3v) is 16.6. The van der Waals surface area contributed by atoms with Crippen molar-refractivity contribution in [3.8, 4) is 0 Å². The quantitative estimate of drug-likeness (QED) is 0.282. The number of fused-ring (bicyclic) bond motifs is 5. The largest absolute Gasteiger partial charge is 0.414 e. The van der Waals surface area contributed by atoms with Crippen LogP contribution in [0.1, 0.15) is 113 Å². The Balaban J connectivity index is 1.50. The molecular weight excluding hydrogens is 456 g/mol. The average Bonchev–Trinajstić information content (AvgIpc) is 3.11. The minimum absolute atomic E-state index is 0.261. The van der Waals surface area contributed by atoms with Crippen LogP contribution < -0.4 is 0 Å². The van der Waals surface area contributed by atoms with Gasteiger partial charge in [-0.2, -0.15) is 0 Å². The first-order valence-electron chi connectivity index (χ1n) is 15.3. The van der Waals surface area contributed by atoms with E-state index < -0.39 is 13.9 Å². The molecule has 2 nitrogen and oxygen atoms in total. The van der Waals surface area contributed by atoms with E-state index in [1.54, 1.807) is 5.57 Å². The van der Waals surface area contributed by atoms with Crippen LogP contribution in [0.2, 0.25) is 18.1 Å². The molecule has 0 unspecified atom stereocenters. The summed E-state index contributed by atoms with van der Waals surface area (Å²) in [5.41, 5.74) is 1.65. The van der Waals surface area contributed by atoms with Crippen LogP contribution in [0.3, 0.4) is 0 Å². The van der Waals surface area contributed by atoms with Gasteiger partial charge in [-0.05, 0) is 123 Å². The molecule has 4 aliphatic carbocycles. The lowest BCUT2D eigenvalue weighted by Crippen LogP contribution is -2.53. The molecule has 206 valence electrons. The van der Waals surface area contributed by atoms with Gasteiger partial charge in [-0.25, -0.2) is 0 Å². The van der Waals surface area contributed by atoms with Crippen LogP contribution in [0.4, 0.5) is 0 Å². The lowest BCUT2D eigenvalue weighted by atomic mass is 9.47. The molecule has 0 aromatic rings. The van der Waals surface area contributed by atoms with Crippen molar-refractivity contribution in [3.05, 3.63) is 23.8 Å². The lowest BCUT2D eigenvalue weighted by Gasteiger charge is -2.59. The van der Waals surface area contributed by atoms with Gasteiger partial charge < -0.3 is 9.53 Å². The Kier molecular flexibility index (Phi) is 7.68. The van der Waals surface area contributed by atoms with Gasteiger partial charge in [-0.1, -0.05) is 72.3 Å². The summed E-state index contributed by atoms with van der Waals surface area (Å²) in [4.78, 5) is 0. The normalized spacial score (nSPS) is 41.0. The molecule has 1 N–H and O–H groups in total. The van der Waals surface area contributed by atoms with Gasteiger partial charge in [0.05, 0.1) is 5.60 Å². The Hall–Kier alpha value is -0.383. The summed E-state index contributed by atoms with van der Waals surface area (Å²) < 4.78 is 6.92. The number of rotatable bonds is 6. The Bertz CT molecular complexity index is 861. The molecule has 8 atom stereocenters. The molecule has 3 heteroatoms. The molecule has 0 bridgehead atoms. The van der Waals surface area contributed by atoms with E-state index in [0.29, 0.717) is 23.4 Å². The predicted octanol–water partition coefficient (Wildman–Crippen LogP) is 9.31. The Morgan fingerprint density at radius 3 is 2.39 bits per heavy atom. The van der Waals surface area contributed by atoms with Crippen LogP contribution in [0.5, 0.6) is 0 Å². The third-order valence-electron chi connectivity index (χ3n) is 12.1. The molecule has 0 amide bonds. The van der Waals surface area contributed by atoms with Crippen LogP contribution in [-0.4, -0.2) is 25.1 Å². The summed E-state index contributed by atoms with van der Waals surface area (Å²) in [7, 11) is -1.73. The maximum absolute atomic E-state index is 11.6. The first-order chi connectivity index (χ1) is 16.5. The summed E-state index contributed by atoms with van der Waals surface area (Å²) in [6.07, 6.45) is 18.6. The minimum Gasteiger partial charge on any atom is -0.414 e. The van der Waals surface area contributed by atoms with Crippen molar-refractivity contribution in [1.29, 1.82) is 0 Å².